The van der Waals surface area contributed by atoms with Crippen LogP contribution in [-0.4, -0.2) is 30.5 Å². The molecule has 0 aromatic heterocycles. The lowest BCUT2D eigenvalue weighted by atomic mass is 10.1. The number of hydrogen-bond acceptors (Lipinski definition) is 1. The molecule has 1 aliphatic heterocycles. The van der Waals surface area contributed by atoms with Gasteiger partial charge in [-0.3, -0.25) is 4.99 Å². The highest BCUT2D eigenvalue weighted by molar-refractivity contribution is 14.0. The number of guanidine groups is 1. The minimum atomic E-state index is 0. The van der Waals surface area contributed by atoms with Gasteiger partial charge in [0, 0.05) is 29.7 Å². The Bertz CT molecular complexity index is 439. The van der Waals surface area contributed by atoms with Gasteiger partial charge in [-0.2, -0.15) is 0 Å². The highest BCUT2D eigenvalue weighted by Crippen LogP contribution is 2.19. The summed E-state index contributed by atoms with van der Waals surface area (Å²) in [6.07, 6.45) is 4.51. The van der Waals surface area contributed by atoms with E-state index < -0.39 is 0 Å². The largest absolute Gasteiger partial charge is 0.370 e. The molecule has 3 nitrogen and oxygen atoms in total. The quantitative estimate of drug-likeness (QED) is 0.450. The van der Waals surface area contributed by atoms with Gasteiger partial charge in [-0.15, -0.1) is 24.0 Å². The molecule has 6 heteroatoms. The van der Waals surface area contributed by atoms with E-state index in [1.807, 2.05) is 12.1 Å². The molecule has 1 fully saturated rings. The van der Waals surface area contributed by atoms with Crippen LogP contribution in [0.3, 0.4) is 0 Å². The van der Waals surface area contributed by atoms with Crippen molar-refractivity contribution in [2.24, 2.45) is 10.7 Å². The molecule has 2 rings (SSSR count). The molecule has 1 heterocycles. The molecule has 2 N–H and O–H groups in total. The molecule has 0 unspecified atom stereocenters. The second-order valence-corrected chi connectivity index (χ2v) is 5.69. The minimum Gasteiger partial charge on any atom is -0.370 e. The van der Waals surface area contributed by atoms with E-state index in [0.717, 1.165) is 25.1 Å². The van der Waals surface area contributed by atoms with Crippen LogP contribution in [0, 0.1) is 0 Å². The molecule has 1 saturated heterocycles. The number of benzene rings is 1. The molecule has 20 heavy (non-hydrogen) atoms. The first kappa shape index (κ1) is 17.9. The lowest BCUT2D eigenvalue weighted by Crippen LogP contribution is -2.41. The van der Waals surface area contributed by atoms with Crippen LogP contribution >= 0.6 is 47.2 Å². The normalized spacial score (nSPS) is 15.9. The zero-order valence-electron chi connectivity index (χ0n) is 11.3. The average Bonchev–Trinajstić information content (AvgIpc) is 2.38. The fraction of sp³-hybridized carbons (Fsp3) is 0.500. The Morgan fingerprint density at radius 3 is 2.30 bits per heavy atom. The Labute approximate surface area is 147 Å². The first-order chi connectivity index (χ1) is 9.15. The Balaban J connectivity index is 0.00000200. The van der Waals surface area contributed by atoms with Crippen LogP contribution in [0.5, 0.6) is 0 Å². The van der Waals surface area contributed by atoms with E-state index in [2.05, 4.69) is 9.89 Å². The molecule has 0 spiro atoms. The second kappa shape index (κ2) is 8.95. The fourth-order valence-corrected chi connectivity index (χ4v) is 2.85. The van der Waals surface area contributed by atoms with E-state index in [1.165, 1.54) is 19.3 Å². The maximum Gasteiger partial charge on any atom is 0.191 e. The molecular formula is C14H20Cl2IN3. The fourth-order valence-electron chi connectivity index (χ4n) is 2.28. The Kier molecular flexibility index (Phi) is 7.99. The first-order valence-electron chi connectivity index (χ1n) is 6.65. The predicted octanol–water partition coefficient (Wildman–Crippen LogP) is 3.95. The maximum atomic E-state index is 6.00. The molecule has 0 atom stereocenters. The molecule has 0 saturated carbocycles. The highest BCUT2D eigenvalue weighted by Gasteiger charge is 2.11. The average molecular weight is 428 g/mol. The summed E-state index contributed by atoms with van der Waals surface area (Å²) in [6.45, 7) is 2.72. The molecule has 0 bridgehead atoms. The van der Waals surface area contributed by atoms with E-state index in [4.69, 9.17) is 28.9 Å². The van der Waals surface area contributed by atoms with Gasteiger partial charge in [0.1, 0.15) is 0 Å². The van der Waals surface area contributed by atoms with E-state index in [1.54, 1.807) is 6.07 Å². The van der Waals surface area contributed by atoms with Crippen LogP contribution in [0.4, 0.5) is 0 Å². The summed E-state index contributed by atoms with van der Waals surface area (Å²) in [5.41, 5.74) is 7.09. The van der Waals surface area contributed by atoms with Gasteiger partial charge in [-0.1, -0.05) is 23.2 Å². The smallest absolute Gasteiger partial charge is 0.191 e. The van der Waals surface area contributed by atoms with Crippen molar-refractivity contribution < 1.29 is 0 Å². The Hall–Kier alpha value is -0.200. The summed E-state index contributed by atoms with van der Waals surface area (Å²) in [5.74, 6) is 0.660. The first-order valence-corrected chi connectivity index (χ1v) is 7.40. The number of rotatable bonds is 3. The number of halogens is 3. The van der Waals surface area contributed by atoms with Gasteiger partial charge in [-0.25, -0.2) is 0 Å². The summed E-state index contributed by atoms with van der Waals surface area (Å²) >= 11 is 11.9. The molecule has 0 amide bonds. The number of nitrogens with zero attached hydrogens (tertiary/aromatic N) is 2. The van der Waals surface area contributed by atoms with Crippen molar-refractivity contribution in [1.29, 1.82) is 0 Å². The molecule has 1 aromatic carbocycles. The zero-order valence-corrected chi connectivity index (χ0v) is 15.2. The van der Waals surface area contributed by atoms with Crippen LogP contribution in [0.2, 0.25) is 10.0 Å². The number of piperidine rings is 1. The third kappa shape index (κ3) is 5.66. The summed E-state index contributed by atoms with van der Waals surface area (Å²) in [5, 5.41) is 1.32. The summed E-state index contributed by atoms with van der Waals surface area (Å²) in [4.78, 5) is 6.60. The van der Waals surface area contributed by atoms with E-state index >= 15 is 0 Å². The van der Waals surface area contributed by atoms with Gasteiger partial charge in [0.05, 0.1) is 0 Å². The number of aliphatic imine (C=N–C) groups is 1. The third-order valence-corrected chi connectivity index (χ3v) is 3.71. The molecule has 112 valence electrons. The second-order valence-electron chi connectivity index (χ2n) is 4.82. The van der Waals surface area contributed by atoms with Crippen molar-refractivity contribution >= 4 is 53.1 Å². The van der Waals surface area contributed by atoms with Crippen LogP contribution < -0.4 is 5.73 Å². The molecule has 1 aromatic rings. The van der Waals surface area contributed by atoms with Gasteiger partial charge >= 0.3 is 0 Å². The van der Waals surface area contributed by atoms with Gasteiger partial charge in [0.15, 0.2) is 5.96 Å². The van der Waals surface area contributed by atoms with Crippen molar-refractivity contribution in [1.82, 2.24) is 4.90 Å². The predicted molar refractivity (Wildman–Crippen MR) is 97.5 cm³/mol. The monoisotopic (exact) mass is 427 g/mol. The van der Waals surface area contributed by atoms with Crippen molar-refractivity contribution in [3.05, 3.63) is 33.8 Å². The van der Waals surface area contributed by atoms with Gasteiger partial charge in [0.25, 0.3) is 0 Å². The van der Waals surface area contributed by atoms with Crippen LogP contribution in [0.1, 0.15) is 24.8 Å². The number of likely N-dealkylation sites (tertiary alicyclic amines) is 1. The minimum absolute atomic E-state index is 0. The topological polar surface area (TPSA) is 41.6 Å². The van der Waals surface area contributed by atoms with Gasteiger partial charge in [0.2, 0.25) is 0 Å². The number of hydrogen-bond donors (Lipinski definition) is 1. The van der Waals surface area contributed by atoms with Crippen molar-refractivity contribution in [3.63, 3.8) is 0 Å². The Morgan fingerprint density at radius 1 is 1.10 bits per heavy atom. The molecule has 0 radical (unpaired) electrons. The van der Waals surface area contributed by atoms with Crippen molar-refractivity contribution in [3.8, 4) is 0 Å². The molecule has 1 aliphatic rings. The van der Waals surface area contributed by atoms with Crippen LogP contribution in [0.25, 0.3) is 0 Å². The van der Waals surface area contributed by atoms with E-state index in [9.17, 15) is 0 Å². The SMILES string of the molecule is I.NC(=NCCc1cc(Cl)cc(Cl)c1)N1CCCCC1. The molecule has 0 aliphatic carbocycles. The number of nitrogens with two attached hydrogens (primary N) is 1. The lowest BCUT2D eigenvalue weighted by Gasteiger charge is -2.27. The third-order valence-electron chi connectivity index (χ3n) is 3.28. The van der Waals surface area contributed by atoms with E-state index in [0.29, 0.717) is 22.5 Å². The van der Waals surface area contributed by atoms with Gasteiger partial charge in [-0.05, 0) is 49.4 Å². The van der Waals surface area contributed by atoms with Crippen molar-refractivity contribution in [2.75, 3.05) is 19.6 Å². The lowest BCUT2D eigenvalue weighted by molar-refractivity contribution is 0.338. The maximum absolute atomic E-state index is 6.00. The molecular weight excluding hydrogens is 408 g/mol. The standard InChI is InChI=1S/C14H19Cl2N3.HI/c15-12-8-11(9-13(16)10-12)4-5-18-14(17)19-6-2-1-3-7-19;/h8-10H,1-7H2,(H2,17,18);1H. The van der Waals surface area contributed by atoms with Crippen molar-refractivity contribution in [2.45, 2.75) is 25.7 Å². The van der Waals surface area contributed by atoms with Crippen LogP contribution in [0.15, 0.2) is 23.2 Å². The van der Waals surface area contributed by atoms with Gasteiger partial charge < -0.3 is 10.6 Å². The summed E-state index contributed by atoms with van der Waals surface area (Å²) in [6, 6.07) is 5.57. The zero-order chi connectivity index (χ0) is 13.7. The summed E-state index contributed by atoms with van der Waals surface area (Å²) < 4.78 is 0. The van der Waals surface area contributed by atoms with Crippen LogP contribution in [-0.2, 0) is 6.42 Å². The highest BCUT2D eigenvalue weighted by atomic mass is 127. The Morgan fingerprint density at radius 2 is 1.70 bits per heavy atom. The summed E-state index contributed by atoms with van der Waals surface area (Å²) in [7, 11) is 0. The van der Waals surface area contributed by atoms with E-state index in [-0.39, 0.29) is 24.0 Å².